The number of nitrogens with two attached hydrogens (primary N) is 1. The van der Waals surface area contributed by atoms with Gasteiger partial charge >= 0.3 is 0 Å². The van der Waals surface area contributed by atoms with Gasteiger partial charge in [0.25, 0.3) is 5.91 Å². The van der Waals surface area contributed by atoms with Crippen LogP contribution in [0.25, 0.3) is 0 Å². The molecule has 1 unspecified atom stereocenters. The molecule has 0 radical (unpaired) electrons. The zero-order chi connectivity index (χ0) is 16.6. The predicted molar refractivity (Wildman–Crippen MR) is 81.5 cm³/mol. The molecule has 0 aromatic carbocycles. The molecule has 8 heteroatoms. The van der Waals surface area contributed by atoms with Gasteiger partial charge in [-0.15, -0.1) is 0 Å². The number of hydrogen-bond acceptors (Lipinski definition) is 4. The maximum atomic E-state index is 12.8. The van der Waals surface area contributed by atoms with Gasteiger partial charge in [0.05, 0.1) is 6.54 Å². The summed E-state index contributed by atoms with van der Waals surface area (Å²) in [7, 11) is 0. The summed E-state index contributed by atoms with van der Waals surface area (Å²) in [6.07, 6.45) is 3.91. The van der Waals surface area contributed by atoms with Gasteiger partial charge in [-0.1, -0.05) is 0 Å². The highest BCUT2D eigenvalue weighted by Crippen LogP contribution is 2.24. The van der Waals surface area contributed by atoms with Crippen molar-refractivity contribution >= 4 is 17.7 Å². The van der Waals surface area contributed by atoms with E-state index < -0.39 is 11.9 Å². The zero-order valence-corrected chi connectivity index (χ0v) is 13.2. The third kappa shape index (κ3) is 2.80. The molecule has 3 rings (SSSR count). The van der Waals surface area contributed by atoms with Gasteiger partial charge in [-0.2, -0.15) is 5.10 Å². The van der Waals surface area contributed by atoms with Crippen molar-refractivity contribution in [2.45, 2.75) is 38.6 Å². The number of fused-ring (bicyclic) bond motifs is 1. The molecule has 0 spiro atoms. The highest BCUT2D eigenvalue weighted by molar-refractivity contribution is 5.95. The molecule has 0 saturated carbocycles. The summed E-state index contributed by atoms with van der Waals surface area (Å²) < 4.78 is 0. The van der Waals surface area contributed by atoms with E-state index >= 15 is 0 Å². The molecule has 1 fully saturated rings. The number of hydrogen-bond donors (Lipinski definition) is 2. The third-order valence-electron chi connectivity index (χ3n) is 4.66. The smallest absolute Gasteiger partial charge is 0.274 e. The van der Waals surface area contributed by atoms with E-state index in [2.05, 4.69) is 10.2 Å². The second-order valence-corrected chi connectivity index (χ2v) is 6.12. The van der Waals surface area contributed by atoms with Gasteiger partial charge in [-0.25, -0.2) is 0 Å². The van der Waals surface area contributed by atoms with Crippen molar-refractivity contribution in [2.75, 3.05) is 19.6 Å². The Labute approximate surface area is 134 Å². The Balaban J connectivity index is 1.79. The lowest BCUT2D eigenvalue weighted by molar-refractivity contribution is -0.140. The van der Waals surface area contributed by atoms with E-state index in [1.54, 1.807) is 4.90 Å². The molecule has 0 bridgehead atoms. The summed E-state index contributed by atoms with van der Waals surface area (Å²) in [5.74, 6) is -1.00. The van der Waals surface area contributed by atoms with Crippen molar-refractivity contribution in [1.29, 1.82) is 0 Å². The molecule has 1 atom stereocenters. The minimum Gasteiger partial charge on any atom is -0.368 e. The summed E-state index contributed by atoms with van der Waals surface area (Å²) in [4.78, 5) is 39.0. The van der Waals surface area contributed by atoms with Gasteiger partial charge < -0.3 is 15.5 Å². The molecule has 8 nitrogen and oxygen atoms in total. The summed E-state index contributed by atoms with van der Waals surface area (Å²) in [6, 6.07) is -0.778. The number of aromatic amines is 1. The van der Waals surface area contributed by atoms with Crippen molar-refractivity contribution in [2.24, 2.45) is 5.73 Å². The van der Waals surface area contributed by atoms with E-state index in [0.29, 0.717) is 18.8 Å². The predicted octanol–water partition coefficient (Wildman–Crippen LogP) is -0.553. The Kier molecular flexibility index (Phi) is 4.06. The molecule has 1 saturated heterocycles. The number of amides is 3. The molecule has 124 valence electrons. The van der Waals surface area contributed by atoms with Gasteiger partial charge in [-0.05, 0) is 25.7 Å². The number of aromatic nitrogens is 2. The molecular weight excluding hydrogens is 298 g/mol. The van der Waals surface area contributed by atoms with Gasteiger partial charge in [0, 0.05) is 31.3 Å². The first-order valence-electron chi connectivity index (χ1n) is 7.91. The van der Waals surface area contributed by atoms with Crippen molar-refractivity contribution < 1.29 is 14.4 Å². The Morgan fingerprint density at radius 2 is 1.96 bits per heavy atom. The number of piperazine rings is 1. The van der Waals surface area contributed by atoms with Crippen LogP contribution in [0.3, 0.4) is 0 Å². The first-order valence-corrected chi connectivity index (χ1v) is 7.91. The zero-order valence-electron chi connectivity index (χ0n) is 13.2. The van der Waals surface area contributed by atoms with Crippen LogP contribution in [0.15, 0.2) is 0 Å². The largest absolute Gasteiger partial charge is 0.368 e. The Morgan fingerprint density at radius 3 is 2.65 bits per heavy atom. The fraction of sp³-hybridized carbons (Fsp3) is 0.600. The molecule has 1 aliphatic carbocycles. The lowest BCUT2D eigenvalue weighted by atomic mass is 9.95. The van der Waals surface area contributed by atoms with Gasteiger partial charge in [0.15, 0.2) is 5.69 Å². The van der Waals surface area contributed by atoms with E-state index in [0.717, 1.165) is 36.9 Å². The molecule has 1 aromatic rings. The molecule has 3 amide bonds. The second-order valence-electron chi connectivity index (χ2n) is 6.12. The lowest BCUT2D eigenvalue weighted by Crippen LogP contribution is -2.60. The molecular formula is C15H21N5O3. The Bertz CT molecular complexity index is 654. The standard InChI is InChI=1S/C15H21N5O3/c1-9(21)20-7-6-19(8-12(20)14(16)22)15(23)13-10-4-2-3-5-11(10)17-18-13/h12H,2-8H2,1H3,(H2,16,22)(H,17,18). The monoisotopic (exact) mass is 319 g/mol. The summed E-state index contributed by atoms with van der Waals surface area (Å²) >= 11 is 0. The van der Waals surface area contributed by atoms with Crippen LogP contribution >= 0.6 is 0 Å². The Morgan fingerprint density at radius 1 is 1.22 bits per heavy atom. The van der Waals surface area contributed by atoms with Crippen LogP contribution in [0.2, 0.25) is 0 Å². The number of nitrogens with one attached hydrogen (secondary N) is 1. The SMILES string of the molecule is CC(=O)N1CCN(C(=O)c2n[nH]c3c2CCCC3)CC1C(N)=O. The summed E-state index contributed by atoms with van der Waals surface area (Å²) in [6.45, 7) is 2.21. The quantitative estimate of drug-likeness (QED) is 0.761. The fourth-order valence-electron chi connectivity index (χ4n) is 3.40. The van der Waals surface area contributed by atoms with Crippen molar-refractivity contribution in [1.82, 2.24) is 20.0 Å². The highest BCUT2D eigenvalue weighted by atomic mass is 16.2. The fourth-order valence-corrected chi connectivity index (χ4v) is 3.40. The molecule has 1 aliphatic heterocycles. The maximum Gasteiger partial charge on any atom is 0.274 e. The van der Waals surface area contributed by atoms with Crippen molar-refractivity contribution in [3.63, 3.8) is 0 Å². The van der Waals surface area contributed by atoms with E-state index in [1.165, 1.54) is 11.8 Å². The normalized spacial score (nSPS) is 21.0. The number of carbonyl (C=O) groups is 3. The summed E-state index contributed by atoms with van der Waals surface area (Å²) in [5, 5.41) is 7.14. The van der Waals surface area contributed by atoms with Crippen LogP contribution in [0.4, 0.5) is 0 Å². The minimum atomic E-state index is -0.778. The maximum absolute atomic E-state index is 12.8. The van der Waals surface area contributed by atoms with E-state index in [9.17, 15) is 14.4 Å². The van der Waals surface area contributed by atoms with E-state index in [1.807, 2.05) is 0 Å². The third-order valence-corrected chi connectivity index (χ3v) is 4.66. The molecule has 2 aliphatic rings. The van der Waals surface area contributed by atoms with Crippen molar-refractivity contribution in [3.05, 3.63) is 17.0 Å². The highest BCUT2D eigenvalue weighted by Gasteiger charge is 2.36. The molecule has 23 heavy (non-hydrogen) atoms. The van der Waals surface area contributed by atoms with Crippen LogP contribution in [-0.2, 0) is 22.4 Å². The Hall–Kier alpha value is -2.38. The molecule has 2 heterocycles. The topological polar surface area (TPSA) is 112 Å². The van der Waals surface area contributed by atoms with Crippen LogP contribution in [-0.4, -0.2) is 63.4 Å². The number of rotatable bonds is 2. The van der Waals surface area contributed by atoms with Gasteiger partial charge in [0.1, 0.15) is 6.04 Å². The van der Waals surface area contributed by atoms with Crippen LogP contribution in [0, 0.1) is 0 Å². The van der Waals surface area contributed by atoms with Crippen molar-refractivity contribution in [3.8, 4) is 0 Å². The van der Waals surface area contributed by atoms with E-state index in [-0.39, 0.29) is 18.4 Å². The van der Waals surface area contributed by atoms with Gasteiger partial charge in [-0.3, -0.25) is 19.5 Å². The first-order chi connectivity index (χ1) is 11.0. The average Bonchev–Trinajstić information content (AvgIpc) is 2.97. The first kappa shape index (κ1) is 15.5. The van der Waals surface area contributed by atoms with E-state index in [4.69, 9.17) is 5.73 Å². The number of H-pyrrole nitrogens is 1. The lowest BCUT2D eigenvalue weighted by Gasteiger charge is -2.39. The van der Waals surface area contributed by atoms with Crippen LogP contribution in [0.1, 0.15) is 41.5 Å². The van der Waals surface area contributed by atoms with Crippen LogP contribution < -0.4 is 5.73 Å². The van der Waals surface area contributed by atoms with Gasteiger partial charge in [0.2, 0.25) is 11.8 Å². The minimum absolute atomic E-state index is 0.120. The molecule has 3 N–H and O–H groups in total. The second kappa shape index (κ2) is 6.02. The molecule has 1 aromatic heterocycles. The number of aryl methyl sites for hydroxylation is 1. The average molecular weight is 319 g/mol. The van der Waals surface area contributed by atoms with Crippen LogP contribution in [0.5, 0.6) is 0 Å². The number of carbonyl (C=O) groups excluding carboxylic acids is 3. The number of nitrogens with zero attached hydrogens (tertiary/aromatic N) is 3. The summed E-state index contributed by atoms with van der Waals surface area (Å²) in [5.41, 5.74) is 7.87. The number of primary amides is 1.